The average molecular weight is 386 g/mol. The van der Waals surface area contributed by atoms with E-state index >= 15 is 0 Å². The molecule has 3 aromatic rings. The fourth-order valence-electron chi connectivity index (χ4n) is 1.77. The highest BCUT2D eigenvalue weighted by atomic mass is 79.9. The van der Waals surface area contributed by atoms with Gasteiger partial charge in [0, 0.05) is 15.1 Å². The molecular weight excluding hydrogens is 379 g/mol. The number of phenols is 1. The molecule has 1 aromatic heterocycles. The third-order valence-corrected chi connectivity index (χ3v) is 4.24. The van der Waals surface area contributed by atoms with Crippen LogP contribution in [0.5, 0.6) is 5.75 Å². The number of hydrogen-bond acceptors (Lipinski definition) is 4. The Morgan fingerprint density at radius 2 is 1.90 bits per heavy atom. The first-order chi connectivity index (χ1) is 10.0. The molecule has 0 unspecified atom stereocenters. The summed E-state index contributed by atoms with van der Waals surface area (Å²) in [7, 11) is 0. The molecule has 1 N–H and O–H groups in total. The van der Waals surface area contributed by atoms with Crippen molar-refractivity contribution in [1.29, 1.82) is 0 Å². The van der Waals surface area contributed by atoms with E-state index in [-0.39, 0.29) is 11.6 Å². The quantitative estimate of drug-likeness (QED) is 0.660. The molecule has 7 heteroatoms. The maximum absolute atomic E-state index is 9.87. The van der Waals surface area contributed by atoms with Crippen LogP contribution < -0.4 is 0 Å². The minimum Gasteiger partial charge on any atom is -0.507 e. The number of aromatic nitrogens is 2. The number of rotatable bonds is 2. The van der Waals surface area contributed by atoms with E-state index in [0.29, 0.717) is 21.4 Å². The van der Waals surface area contributed by atoms with Crippen molar-refractivity contribution in [3.63, 3.8) is 0 Å². The summed E-state index contributed by atoms with van der Waals surface area (Å²) in [5.74, 6) is 0.594. The highest BCUT2D eigenvalue weighted by Gasteiger charge is 2.14. The molecule has 0 saturated heterocycles. The molecule has 1 heterocycles. The molecule has 0 fully saturated rings. The first-order valence-electron chi connectivity index (χ1n) is 5.82. The van der Waals surface area contributed by atoms with Crippen LogP contribution in [0, 0.1) is 0 Å². The lowest BCUT2D eigenvalue weighted by Crippen LogP contribution is -1.82. The van der Waals surface area contributed by atoms with Gasteiger partial charge in [0.25, 0.3) is 5.89 Å². The number of aromatic hydroxyl groups is 1. The predicted molar refractivity (Wildman–Crippen MR) is 84.6 cm³/mol. The van der Waals surface area contributed by atoms with Crippen LogP contribution in [-0.2, 0) is 0 Å². The lowest BCUT2D eigenvalue weighted by Gasteiger charge is -1.99. The van der Waals surface area contributed by atoms with Crippen LogP contribution >= 0.6 is 39.1 Å². The second-order valence-electron chi connectivity index (χ2n) is 4.21. The summed E-state index contributed by atoms with van der Waals surface area (Å²) >= 11 is 15.1. The van der Waals surface area contributed by atoms with Gasteiger partial charge >= 0.3 is 0 Å². The number of hydrogen-bond donors (Lipinski definition) is 1. The molecule has 0 radical (unpaired) electrons. The van der Waals surface area contributed by atoms with Gasteiger partial charge in [0.05, 0.1) is 10.6 Å². The Balaban J connectivity index is 2.01. The molecule has 0 amide bonds. The van der Waals surface area contributed by atoms with Gasteiger partial charge in [-0.15, -0.1) is 0 Å². The van der Waals surface area contributed by atoms with E-state index in [9.17, 15) is 5.11 Å². The van der Waals surface area contributed by atoms with Crippen molar-refractivity contribution in [3.05, 3.63) is 50.9 Å². The van der Waals surface area contributed by atoms with Gasteiger partial charge in [-0.3, -0.25) is 0 Å². The summed E-state index contributed by atoms with van der Waals surface area (Å²) in [5, 5.41) is 14.8. The number of nitrogens with zero attached hydrogens (tertiary/aromatic N) is 2. The second-order valence-corrected chi connectivity index (χ2v) is 5.91. The highest BCUT2D eigenvalue weighted by molar-refractivity contribution is 9.10. The van der Waals surface area contributed by atoms with Gasteiger partial charge in [0.1, 0.15) is 5.75 Å². The molecule has 21 heavy (non-hydrogen) atoms. The zero-order valence-electron chi connectivity index (χ0n) is 10.3. The Kier molecular flexibility index (Phi) is 3.89. The highest BCUT2D eigenvalue weighted by Crippen LogP contribution is 2.32. The van der Waals surface area contributed by atoms with Crippen LogP contribution in [-0.4, -0.2) is 15.2 Å². The average Bonchev–Trinajstić information content (AvgIpc) is 2.91. The summed E-state index contributed by atoms with van der Waals surface area (Å²) in [6.45, 7) is 0. The molecule has 2 aromatic carbocycles. The molecule has 0 aliphatic carbocycles. The van der Waals surface area contributed by atoms with Crippen molar-refractivity contribution in [1.82, 2.24) is 10.1 Å². The zero-order valence-corrected chi connectivity index (χ0v) is 13.4. The van der Waals surface area contributed by atoms with Crippen LogP contribution in [0.4, 0.5) is 0 Å². The van der Waals surface area contributed by atoms with Gasteiger partial charge in [0.2, 0.25) is 5.82 Å². The number of halogens is 3. The van der Waals surface area contributed by atoms with Crippen molar-refractivity contribution in [2.45, 2.75) is 0 Å². The van der Waals surface area contributed by atoms with Gasteiger partial charge in [-0.05, 0) is 52.3 Å². The normalized spacial score (nSPS) is 10.8. The Hall–Kier alpha value is -1.56. The number of phenolic OH excluding ortho intramolecular Hbond substituents is 1. The van der Waals surface area contributed by atoms with Crippen LogP contribution in [0.1, 0.15) is 0 Å². The zero-order chi connectivity index (χ0) is 15.0. The maximum Gasteiger partial charge on any atom is 0.261 e. The topological polar surface area (TPSA) is 59.2 Å². The van der Waals surface area contributed by atoms with Crippen LogP contribution in [0.2, 0.25) is 10.0 Å². The minimum atomic E-state index is -0.0185. The molecule has 0 aliphatic rings. The van der Waals surface area contributed by atoms with E-state index < -0.39 is 0 Å². The van der Waals surface area contributed by atoms with E-state index in [4.69, 9.17) is 27.7 Å². The SMILES string of the molecule is Oc1cc(Cl)ccc1-c1nc(-c2ccc(Cl)c(Br)c2)no1. The standard InChI is InChI=1S/C14H7BrCl2N2O2/c15-10-5-7(1-4-11(10)17)13-18-14(21-19-13)9-3-2-8(16)6-12(9)20/h1-6,20H. The van der Waals surface area contributed by atoms with E-state index in [0.717, 1.165) is 10.0 Å². The first-order valence-corrected chi connectivity index (χ1v) is 7.37. The van der Waals surface area contributed by atoms with Crippen LogP contribution in [0.25, 0.3) is 22.8 Å². The molecule has 0 saturated carbocycles. The lowest BCUT2D eigenvalue weighted by molar-refractivity contribution is 0.426. The Morgan fingerprint density at radius 3 is 2.62 bits per heavy atom. The van der Waals surface area contributed by atoms with Crippen molar-refractivity contribution in [2.24, 2.45) is 0 Å². The van der Waals surface area contributed by atoms with Crippen LogP contribution in [0.3, 0.4) is 0 Å². The molecule has 4 nitrogen and oxygen atoms in total. The minimum absolute atomic E-state index is 0.0185. The van der Waals surface area contributed by atoms with Gasteiger partial charge < -0.3 is 9.63 Å². The van der Waals surface area contributed by atoms with E-state index in [1.165, 1.54) is 6.07 Å². The predicted octanol–water partition coefficient (Wildman–Crippen LogP) is 5.18. The van der Waals surface area contributed by atoms with Gasteiger partial charge in [-0.25, -0.2) is 0 Å². The third-order valence-electron chi connectivity index (χ3n) is 2.79. The van der Waals surface area contributed by atoms with Gasteiger partial charge in [-0.2, -0.15) is 4.98 Å². The molecule has 0 spiro atoms. The van der Waals surface area contributed by atoms with Gasteiger partial charge in [-0.1, -0.05) is 28.4 Å². The van der Waals surface area contributed by atoms with Crippen molar-refractivity contribution < 1.29 is 9.63 Å². The second kappa shape index (κ2) is 5.67. The maximum atomic E-state index is 9.87. The molecule has 0 aliphatic heterocycles. The lowest BCUT2D eigenvalue weighted by atomic mass is 10.2. The summed E-state index contributed by atoms with van der Waals surface area (Å²) in [6, 6.07) is 9.98. The van der Waals surface area contributed by atoms with Crippen molar-refractivity contribution in [2.75, 3.05) is 0 Å². The Morgan fingerprint density at radius 1 is 1.10 bits per heavy atom. The van der Waals surface area contributed by atoms with E-state index in [1.807, 2.05) is 0 Å². The fourth-order valence-corrected chi connectivity index (χ4v) is 2.43. The van der Waals surface area contributed by atoms with E-state index in [1.54, 1.807) is 30.3 Å². The third kappa shape index (κ3) is 2.90. The molecule has 0 atom stereocenters. The Bertz CT molecular complexity index is 820. The van der Waals surface area contributed by atoms with Crippen LogP contribution in [0.15, 0.2) is 45.4 Å². The largest absolute Gasteiger partial charge is 0.507 e. The number of benzene rings is 2. The summed E-state index contributed by atoms with van der Waals surface area (Å²) in [4.78, 5) is 4.27. The first kappa shape index (κ1) is 14.4. The van der Waals surface area contributed by atoms with Gasteiger partial charge in [0.15, 0.2) is 0 Å². The summed E-state index contributed by atoms with van der Waals surface area (Å²) < 4.78 is 5.92. The smallest absolute Gasteiger partial charge is 0.261 e. The van der Waals surface area contributed by atoms with Crippen molar-refractivity contribution in [3.8, 4) is 28.6 Å². The summed E-state index contributed by atoms with van der Waals surface area (Å²) in [5.41, 5.74) is 1.17. The Labute approximate surface area is 138 Å². The van der Waals surface area contributed by atoms with E-state index in [2.05, 4.69) is 26.1 Å². The fraction of sp³-hybridized carbons (Fsp3) is 0. The van der Waals surface area contributed by atoms with Crippen molar-refractivity contribution >= 4 is 39.1 Å². The molecule has 0 bridgehead atoms. The molecule has 106 valence electrons. The molecular formula is C14H7BrCl2N2O2. The summed E-state index contributed by atoms with van der Waals surface area (Å²) in [6.07, 6.45) is 0. The monoisotopic (exact) mass is 384 g/mol. The molecule has 3 rings (SSSR count).